The summed E-state index contributed by atoms with van der Waals surface area (Å²) in [5.41, 5.74) is 0. The Labute approximate surface area is 87.1 Å². The van der Waals surface area contributed by atoms with Crippen LogP contribution >= 0.6 is 0 Å². The number of furan rings is 1. The molecule has 0 amide bonds. The van der Waals surface area contributed by atoms with Gasteiger partial charge in [0.2, 0.25) is 0 Å². The highest BCUT2D eigenvalue weighted by molar-refractivity contribution is 5.70. The van der Waals surface area contributed by atoms with Gasteiger partial charge in [-0.1, -0.05) is 6.08 Å². The summed E-state index contributed by atoms with van der Waals surface area (Å²) in [5.74, 6) is 1.18. The largest absolute Gasteiger partial charge is 0.458 e. The standard InChI is InChI=1S/C12H11FO2/c13-10-3-1-9(2-4-10)7-11-5-6-12(8-14)15-11/h1,3-6,8-9H,2,7H2. The predicted molar refractivity (Wildman–Crippen MR) is 54.2 cm³/mol. The zero-order valence-electron chi connectivity index (χ0n) is 8.15. The molecule has 78 valence electrons. The summed E-state index contributed by atoms with van der Waals surface area (Å²) in [6, 6.07) is 3.43. The molecule has 15 heavy (non-hydrogen) atoms. The van der Waals surface area contributed by atoms with Crippen molar-refractivity contribution in [1.82, 2.24) is 0 Å². The quantitative estimate of drug-likeness (QED) is 0.711. The Morgan fingerprint density at radius 2 is 2.40 bits per heavy atom. The summed E-state index contributed by atoms with van der Waals surface area (Å²) >= 11 is 0. The van der Waals surface area contributed by atoms with Crippen LogP contribution in [0.3, 0.4) is 0 Å². The molecule has 0 radical (unpaired) electrons. The minimum Gasteiger partial charge on any atom is -0.458 e. The van der Waals surface area contributed by atoms with Gasteiger partial charge in [0, 0.05) is 6.42 Å². The lowest BCUT2D eigenvalue weighted by Gasteiger charge is -2.11. The van der Waals surface area contributed by atoms with E-state index in [1.807, 2.05) is 6.08 Å². The van der Waals surface area contributed by atoms with E-state index in [2.05, 4.69) is 0 Å². The van der Waals surface area contributed by atoms with Crippen LogP contribution in [-0.4, -0.2) is 6.29 Å². The summed E-state index contributed by atoms with van der Waals surface area (Å²) < 4.78 is 17.9. The molecule has 0 aliphatic heterocycles. The van der Waals surface area contributed by atoms with Crippen LogP contribution < -0.4 is 0 Å². The zero-order chi connectivity index (χ0) is 10.7. The third kappa shape index (κ3) is 2.43. The summed E-state index contributed by atoms with van der Waals surface area (Å²) in [6.45, 7) is 0. The molecule has 1 aromatic heterocycles. The fourth-order valence-electron chi connectivity index (χ4n) is 1.62. The van der Waals surface area contributed by atoms with Gasteiger partial charge in [0.1, 0.15) is 11.6 Å². The Bertz CT molecular complexity index is 415. The maximum atomic E-state index is 12.7. The van der Waals surface area contributed by atoms with Crippen LogP contribution in [-0.2, 0) is 6.42 Å². The smallest absolute Gasteiger partial charge is 0.185 e. The maximum Gasteiger partial charge on any atom is 0.185 e. The first-order valence-corrected chi connectivity index (χ1v) is 4.85. The molecule has 2 nitrogen and oxygen atoms in total. The molecule has 1 aromatic rings. The zero-order valence-corrected chi connectivity index (χ0v) is 8.15. The van der Waals surface area contributed by atoms with Crippen molar-refractivity contribution in [3.63, 3.8) is 0 Å². The van der Waals surface area contributed by atoms with Crippen molar-refractivity contribution < 1.29 is 13.6 Å². The van der Waals surface area contributed by atoms with Gasteiger partial charge in [-0.3, -0.25) is 4.79 Å². The molecule has 1 heterocycles. The van der Waals surface area contributed by atoms with E-state index >= 15 is 0 Å². The molecule has 0 N–H and O–H groups in total. The number of hydrogen-bond acceptors (Lipinski definition) is 2. The van der Waals surface area contributed by atoms with E-state index in [1.54, 1.807) is 18.2 Å². The number of allylic oxidation sites excluding steroid dienone is 4. The topological polar surface area (TPSA) is 30.2 Å². The highest BCUT2D eigenvalue weighted by Gasteiger charge is 2.11. The Hall–Kier alpha value is -1.64. The first kappa shape index (κ1) is 9.90. The minimum atomic E-state index is -0.181. The van der Waals surface area contributed by atoms with E-state index in [-0.39, 0.29) is 11.7 Å². The predicted octanol–water partition coefficient (Wildman–Crippen LogP) is 3.06. The molecule has 1 aliphatic rings. The molecule has 1 unspecified atom stereocenters. The highest BCUT2D eigenvalue weighted by atomic mass is 19.1. The lowest BCUT2D eigenvalue weighted by atomic mass is 9.96. The molecule has 0 spiro atoms. The van der Waals surface area contributed by atoms with Crippen molar-refractivity contribution in [3.8, 4) is 0 Å². The van der Waals surface area contributed by atoms with Crippen LogP contribution in [0.15, 0.2) is 40.6 Å². The van der Waals surface area contributed by atoms with Crippen LogP contribution in [0.2, 0.25) is 0 Å². The first-order valence-electron chi connectivity index (χ1n) is 4.85. The monoisotopic (exact) mass is 206 g/mol. The summed E-state index contributed by atoms with van der Waals surface area (Å²) in [4.78, 5) is 10.4. The third-order valence-corrected chi connectivity index (χ3v) is 2.41. The number of rotatable bonds is 3. The summed E-state index contributed by atoms with van der Waals surface area (Å²) in [7, 11) is 0. The molecule has 0 saturated heterocycles. The third-order valence-electron chi connectivity index (χ3n) is 2.41. The summed E-state index contributed by atoms with van der Waals surface area (Å²) in [5, 5.41) is 0. The lowest BCUT2D eigenvalue weighted by molar-refractivity contribution is 0.109. The van der Waals surface area contributed by atoms with Crippen LogP contribution in [0.25, 0.3) is 0 Å². The van der Waals surface area contributed by atoms with Gasteiger partial charge in [-0.25, -0.2) is 4.39 Å². The number of hydrogen-bond donors (Lipinski definition) is 0. The molecule has 0 bridgehead atoms. The van der Waals surface area contributed by atoms with Crippen molar-refractivity contribution in [2.24, 2.45) is 5.92 Å². The van der Waals surface area contributed by atoms with E-state index in [9.17, 15) is 9.18 Å². The van der Waals surface area contributed by atoms with Crippen LogP contribution in [0, 0.1) is 5.92 Å². The molecule has 1 atom stereocenters. The second kappa shape index (κ2) is 4.26. The van der Waals surface area contributed by atoms with Gasteiger partial charge in [0.15, 0.2) is 12.0 Å². The highest BCUT2D eigenvalue weighted by Crippen LogP contribution is 2.21. The Kier molecular flexibility index (Phi) is 2.81. The molecule has 0 aromatic carbocycles. The van der Waals surface area contributed by atoms with Crippen molar-refractivity contribution in [3.05, 3.63) is 47.7 Å². The van der Waals surface area contributed by atoms with Crippen LogP contribution in [0.4, 0.5) is 4.39 Å². The SMILES string of the molecule is O=Cc1ccc(CC2C=CC(F)=CC2)o1. The maximum absolute atomic E-state index is 12.7. The van der Waals surface area contributed by atoms with Gasteiger partial charge in [-0.2, -0.15) is 0 Å². The number of halogens is 1. The van der Waals surface area contributed by atoms with E-state index in [4.69, 9.17) is 4.42 Å². The van der Waals surface area contributed by atoms with Crippen molar-refractivity contribution in [1.29, 1.82) is 0 Å². The van der Waals surface area contributed by atoms with Crippen LogP contribution in [0.5, 0.6) is 0 Å². The lowest BCUT2D eigenvalue weighted by Crippen LogP contribution is -2.02. The molecular formula is C12H11FO2. The molecule has 2 rings (SSSR count). The fraction of sp³-hybridized carbons (Fsp3) is 0.250. The Morgan fingerprint density at radius 3 is 3.00 bits per heavy atom. The van der Waals surface area contributed by atoms with Crippen molar-refractivity contribution in [2.75, 3.05) is 0 Å². The molecular weight excluding hydrogens is 195 g/mol. The van der Waals surface area contributed by atoms with Crippen molar-refractivity contribution >= 4 is 6.29 Å². The van der Waals surface area contributed by atoms with Gasteiger partial charge in [0.25, 0.3) is 0 Å². The second-order valence-corrected chi connectivity index (χ2v) is 3.57. The normalized spacial score (nSPS) is 20.1. The van der Waals surface area contributed by atoms with Gasteiger partial charge in [-0.15, -0.1) is 0 Å². The van der Waals surface area contributed by atoms with Gasteiger partial charge < -0.3 is 4.42 Å². The Balaban J connectivity index is 1.98. The number of carbonyl (C=O) groups excluding carboxylic acids is 1. The van der Waals surface area contributed by atoms with Gasteiger partial charge in [0.05, 0.1) is 0 Å². The van der Waals surface area contributed by atoms with E-state index in [0.717, 1.165) is 5.76 Å². The van der Waals surface area contributed by atoms with Gasteiger partial charge in [-0.05, 0) is 36.6 Å². The molecule has 3 heteroatoms. The first-order chi connectivity index (χ1) is 7.28. The van der Waals surface area contributed by atoms with Gasteiger partial charge >= 0.3 is 0 Å². The van der Waals surface area contributed by atoms with E-state index < -0.39 is 0 Å². The van der Waals surface area contributed by atoms with E-state index in [1.165, 1.54) is 6.08 Å². The molecule has 0 saturated carbocycles. The Morgan fingerprint density at radius 1 is 1.53 bits per heavy atom. The fourth-order valence-corrected chi connectivity index (χ4v) is 1.62. The van der Waals surface area contributed by atoms with Crippen molar-refractivity contribution in [2.45, 2.75) is 12.8 Å². The molecule has 0 fully saturated rings. The average Bonchev–Trinajstić information content (AvgIpc) is 2.69. The number of carbonyl (C=O) groups is 1. The summed E-state index contributed by atoms with van der Waals surface area (Å²) in [6.07, 6.45) is 6.93. The second-order valence-electron chi connectivity index (χ2n) is 3.57. The number of aldehydes is 1. The van der Waals surface area contributed by atoms with E-state index in [0.29, 0.717) is 24.9 Å². The molecule has 1 aliphatic carbocycles. The average molecular weight is 206 g/mol. The van der Waals surface area contributed by atoms with Crippen LogP contribution in [0.1, 0.15) is 22.7 Å². The minimum absolute atomic E-state index is 0.181.